The standard InChI is InChI=1S/C18H20N4O2/c1-13(23)21-16-6-2-4-14(10-16)18(24)22-9-8-20-12-17(22)15-5-3-7-19-11-15/h2-7,10-11,17,20H,8-9,12H2,1H3,(H,21,23). The topological polar surface area (TPSA) is 74.3 Å². The van der Waals surface area contributed by atoms with E-state index in [4.69, 9.17) is 0 Å². The van der Waals surface area contributed by atoms with Gasteiger partial charge in [0.2, 0.25) is 5.91 Å². The SMILES string of the molecule is CC(=O)Nc1cccc(C(=O)N2CCNCC2c2cccnc2)c1. The Morgan fingerprint density at radius 1 is 1.29 bits per heavy atom. The number of benzene rings is 1. The Bertz CT molecular complexity index is 733. The van der Waals surface area contributed by atoms with Crippen molar-refractivity contribution in [1.29, 1.82) is 0 Å². The van der Waals surface area contributed by atoms with Gasteiger partial charge in [-0.1, -0.05) is 12.1 Å². The zero-order valence-electron chi connectivity index (χ0n) is 13.5. The summed E-state index contributed by atoms with van der Waals surface area (Å²) in [6.45, 7) is 3.53. The summed E-state index contributed by atoms with van der Waals surface area (Å²) < 4.78 is 0. The van der Waals surface area contributed by atoms with Crippen molar-refractivity contribution in [3.8, 4) is 0 Å². The lowest BCUT2D eigenvalue weighted by molar-refractivity contribution is -0.114. The summed E-state index contributed by atoms with van der Waals surface area (Å²) in [5.74, 6) is -0.201. The molecular weight excluding hydrogens is 304 g/mol. The van der Waals surface area contributed by atoms with Crippen molar-refractivity contribution in [2.24, 2.45) is 0 Å². The molecule has 2 aromatic rings. The van der Waals surface area contributed by atoms with Crippen LogP contribution in [0.1, 0.15) is 28.9 Å². The van der Waals surface area contributed by atoms with Gasteiger partial charge in [-0.25, -0.2) is 0 Å². The molecule has 2 amide bonds. The molecule has 2 heterocycles. The van der Waals surface area contributed by atoms with Crippen molar-refractivity contribution in [2.75, 3.05) is 25.0 Å². The molecular formula is C18H20N4O2. The second-order valence-electron chi connectivity index (χ2n) is 5.77. The van der Waals surface area contributed by atoms with Crippen molar-refractivity contribution in [3.63, 3.8) is 0 Å². The lowest BCUT2D eigenvalue weighted by Crippen LogP contribution is -2.48. The summed E-state index contributed by atoms with van der Waals surface area (Å²) in [6, 6.07) is 10.9. The Kier molecular flexibility index (Phi) is 4.86. The summed E-state index contributed by atoms with van der Waals surface area (Å²) in [6.07, 6.45) is 3.52. The van der Waals surface area contributed by atoms with Crippen LogP contribution in [-0.2, 0) is 4.79 Å². The Balaban J connectivity index is 1.85. The van der Waals surface area contributed by atoms with Crippen LogP contribution >= 0.6 is 0 Å². The number of carbonyl (C=O) groups is 2. The third kappa shape index (κ3) is 3.60. The fourth-order valence-electron chi connectivity index (χ4n) is 2.92. The third-order valence-corrected chi connectivity index (χ3v) is 4.00. The van der Waals surface area contributed by atoms with Crippen LogP contribution in [0.3, 0.4) is 0 Å². The quantitative estimate of drug-likeness (QED) is 0.903. The number of pyridine rings is 1. The highest BCUT2D eigenvalue weighted by atomic mass is 16.2. The van der Waals surface area contributed by atoms with Crippen molar-refractivity contribution >= 4 is 17.5 Å². The van der Waals surface area contributed by atoms with E-state index in [1.54, 1.807) is 36.7 Å². The van der Waals surface area contributed by atoms with Gasteiger partial charge in [0, 0.05) is 50.2 Å². The van der Waals surface area contributed by atoms with Crippen molar-refractivity contribution in [3.05, 3.63) is 59.9 Å². The fraction of sp³-hybridized carbons (Fsp3) is 0.278. The highest BCUT2D eigenvalue weighted by molar-refractivity contribution is 5.97. The molecule has 1 aromatic heterocycles. The summed E-state index contributed by atoms with van der Waals surface area (Å²) in [5, 5.41) is 6.04. The molecule has 1 aromatic carbocycles. The van der Waals surface area contributed by atoms with Gasteiger partial charge in [0.25, 0.3) is 5.91 Å². The lowest BCUT2D eigenvalue weighted by atomic mass is 10.0. The molecule has 1 aliphatic rings. The van der Waals surface area contributed by atoms with Gasteiger partial charge >= 0.3 is 0 Å². The number of nitrogens with one attached hydrogen (secondary N) is 2. The maximum atomic E-state index is 13.0. The first-order valence-corrected chi connectivity index (χ1v) is 7.94. The fourth-order valence-corrected chi connectivity index (χ4v) is 2.92. The number of aromatic nitrogens is 1. The van der Waals surface area contributed by atoms with Crippen LogP contribution in [0.4, 0.5) is 5.69 Å². The second kappa shape index (κ2) is 7.23. The average Bonchev–Trinajstić information content (AvgIpc) is 2.61. The van der Waals surface area contributed by atoms with E-state index in [-0.39, 0.29) is 17.9 Å². The van der Waals surface area contributed by atoms with E-state index >= 15 is 0 Å². The van der Waals surface area contributed by atoms with E-state index in [0.717, 1.165) is 12.1 Å². The molecule has 24 heavy (non-hydrogen) atoms. The number of carbonyl (C=O) groups excluding carboxylic acids is 2. The molecule has 0 aliphatic carbocycles. The molecule has 1 aliphatic heterocycles. The molecule has 6 heteroatoms. The summed E-state index contributed by atoms with van der Waals surface area (Å²) >= 11 is 0. The molecule has 1 fully saturated rings. The van der Waals surface area contributed by atoms with Gasteiger partial charge in [-0.15, -0.1) is 0 Å². The molecule has 0 bridgehead atoms. The van der Waals surface area contributed by atoms with Gasteiger partial charge in [0.05, 0.1) is 6.04 Å². The van der Waals surface area contributed by atoms with Crippen molar-refractivity contribution in [1.82, 2.24) is 15.2 Å². The van der Waals surface area contributed by atoms with E-state index in [0.29, 0.717) is 24.3 Å². The van der Waals surface area contributed by atoms with Crippen LogP contribution in [0.2, 0.25) is 0 Å². The second-order valence-corrected chi connectivity index (χ2v) is 5.77. The maximum Gasteiger partial charge on any atom is 0.254 e. The van der Waals surface area contributed by atoms with Crippen LogP contribution in [0, 0.1) is 0 Å². The average molecular weight is 324 g/mol. The molecule has 0 spiro atoms. The number of amides is 2. The molecule has 2 N–H and O–H groups in total. The zero-order chi connectivity index (χ0) is 16.9. The van der Waals surface area contributed by atoms with E-state index < -0.39 is 0 Å². The largest absolute Gasteiger partial charge is 0.329 e. The van der Waals surface area contributed by atoms with Crippen LogP contribution in [0.25, 0.3) is 0 Å². The maximum absolute atomic E-state index is 13.0. The van der Waals surface area contributed by atoms with Gasteiger partial charge < -0.3 is 15.5 Å². The number of hydrogen-bond donors (Lipinski definition) is 2. The number of piperazine rings is 1. The number of nitrogens with zero attached hydrogens (tertiary/aromatic N) is 2. The van der Waals surface area contributed by atoms with Crippen LogP contribution < -0.4 is 10.6 Å². The summed E-state index contributed by atoms with van der Waals surface area (Å²) in [5.41, 5.74) is 2.20. The van der Waals surface area contributed by atoms with Gasteiger partial charge in [0.15, 0.2) is 0 Å². The normalized spacial score (nSPS) is 17.4. The summed E-state index contributed by atoms with van der Waals surface area (Å²) in [7, 11) is 0. The Labute approximate surface area is 140 Å². The molecule has 1 unspecified atom stereocenters. The first-order chi connectivity index (χ1) is 11.6. The predicted octanol–water partition coefficient (Wildman–Crippen LogP) is 1.83. The molecule has 3 rings (SSSR count). The molecule has 0 radical (unpaired) electrons. The number of hydrogen-bond acceptors (Lipinski definition) is 4. The van der Waals surface area contributed by atoms with Gasteiger partial charge in [-0.2, -0.15) is 0 Å². The van der Waals surface area contributed by atoms with E-state index in [2.05, 4.69) is 15.6 Å². The minimum absolute atomic E-state index is 0.0439. The Morgan fingerprint density at radius 2 is 2.17 bits per heavy atom. The minimum Gasteiger partial charge on any atom is -0.329 e. The summed E-state index contributed by atoms with van der Waals surface area (Å²) in [4.78, 5) is 30.2. The van der Waals surface area contributed by atoms with Crippen molar-refractivity contribution in [2.45, 2.75) is 13.0 Å². The zero-order valence-corrected chi connectivity index (χ0v) is 13.5. The molecule has 0 saturated carbocycles. The van der Waals surface area contributed by atoms with Crippen LogP contribution in [0.15, 0.2) is 48.8 Å². The Hall–Kier alpha value is -2.73. The highest BCUT2D eigenvalue weighted by Crippen LogP contribution is 2.24. The Morgan fingerprint density at radius 3 is 2.92 bits per heavy atom. The predicted molar refractivity (Wildman–Crippen MR) is 91.6 cm³/mol. The van der Waals surface area contributed by atoms with Crippen LogP contribution in [0.5, 0.6) is 0 Å². The van der Waals surface area contributed by atoms with E-state index in [1.807, 2.05) is 17.0 Å². The minimum atomic E-state index is -0.157. The highest BCUT2D eigenvalue weighted by Gasteiger charge is 2.28. The molecule has 1 atom stereocenters. The smallest absolute Gasteiger partial charge is 0.254 e. The van der Waals surface area contributed by atoms with Crippen LogP contribution in [-0.4, -0.2) is 41.3 Å². The number of anilines is 1. The molecule has 6 nitrogen and oxygen atoms in total. The first-order valence-electron chi connectivity index (χ1n) is 7.94. The van der Waals surface area contributed by atoms with Gasteiger partial charge in [-0.3, -0.25) is 14.6 Å². The van der Waals surface area contributed by atoms with Crippen molar-refractivity contribution < 1.29 is 9.59 Å². The van der Waals surface area contributed by atoms with Gasteiger partial charge in [0.1, 0.15) is 0 Å². The lowest BCUT2D eigenvalue weighted by Gasteiger charge is -2.36. The first kappa shape index (κ1) is 16.1. The molecule has 124 valence electrons. The third-order valence-electron chi connectivity index (χ3n) is 4.00. The molecule has 1 saturated heterocycles. The number of rotatable bonds is 3. The monoisotopic (exact) mass is 324 g/mol. The van der Waals surface area contributed by atoms with E-state index in [9.17, 15) is 9.59 Å². The van der Waals surface area contributed by atoms with E-state index in [1.165, 1.54) is 6.92 Å². The van der Waals surface area contributed by atoms with Gasteiger partial charge in [-0.05, 0) is 29.8 Å².